The Morgan fingerprint density at radius 1 is 1.48 bits per heavy atom. The molecule has 23 heavy (non-hydrogen) atoms. The van der Waals surface area contributed by atoms with Gasteiger partial charge in [-0.2, -0.15) is 0 Å². The highest BCUT2D eigenvalue weighted by atomic mass is 16.5. The van der Waals surface area contributed by atoms with Crippen LogP contribution in [0.1, 0.15) is 31.4 Å². The molecule has 1 aliphatic heterocycles. The SMILES string of the molecule is Cc1ccc(CN=C(N)NCC(C)C)c(OCC2CCOC2)c1. The van der Waals surface area contributed by atoms with E-state index in [0.717, 1.165) is 37.5 Å². The van der Waals surface area contributed by atoms with E-state index in [2.05, 4.69) is 49.3 Å². The first-order valence-electron chi connectivity index (χ1n) is 8.38. The molecule has 0 saturated carbocycles. The molecule has 1 aromatic rings. The summed E-state index contributed by atoms with van der Waals surface area (Å²) in [6, 6.07) is 6.21. The molecule has 2 rings (SSSR count). The van der Waals surface area contributed by atoms with Gasteiger partial charge in [0, 0.05) is 24.6 Å². The first kappa shape index (κ1) is 17.6. The van der Waals surface area contributed by atoms with Crippen molar-refractivity contribution in [2.75, 3.05) is 26.4 Å². The highest BCUT2D eigenvalue weighted by molar-refractivity contribution is 5.77. The van der Waals surface area contributed by atoms with Crippen molar-refractivity contribution in [2.24, 2.45) is 22.6 Å². The van der Waals surface area contributed by atoms with Crippen molar-refractivity contribution in [3.8, 4) is 5.75 Å². The zero-order valence-corrected chi connectivity index (χ0v) is 14.5. The van der Waals surface area contributed by atoms with Crippen LogP contribution in [-0.2, 0) is 11.3 Å². The monoisotopic (exact) mass is 319 g/mol. The highest BCUT2D eigenvalue weighted by Gasteiger charge is 2.17. The predicted molar refractivity (Wildman–Crippen MR) is 93.8 cm³/mol. The molecule has 0 bridgehead atoms. The zero-order chi connectivity index (χ0) is 16.7. The van der Waals surface area contributed by atoms with E-state index >= 15 is 0 Å². The molecule has 5 heteroatoms. The van der Waals surface area contributed by atoms with Crippen molar-refractivity contribution in [1.82, 2.24) is 5.32 Å². The molecule has 1 aliphatic rings. The quantitative estimate of drug-likeness (QED) is 0.598. The second-order valence-electron chi connectivity index (χ2n) is 6.63. The molecule has 128 valence electrons. The van der Waals surface area contributed by atoms with E-state index in [1.165, 1.54) is 5.56 Å². The number of nitrogens with one attached hydrogen (secondary N) is 1. The number of aryl methyl sites for hydroxylation is 1. The van der Waals surface area contributed by atoms with Crippen molar-refractivity contribution in [3.05, 3.63) is 29.3 Å². The van der Waals surface area contributed by atoms with Crippen molar-refractivity contribution in [3.63, 3.8) is 0 Å². The van der Waals surface area contributed by atoms with Crippen LogP contribution in [0.5, 0.6) is 5.75 Å². The van der Waals surface area contributed by atoms with E-state index in [1.807, 2.05) is 0 Å². The average molecular weight is 319 g/mol. The smallest absolute Gasteiger partial charge is 0.188 e. The maximum atomic E-state index is 6.02. The van der Waals surface area contributed by atoms with Crippen molar-refractivity contribution < 1.29 is 9.47 Å². The molecular formula is C18H29N3O2. The summed E-state index contributed by atoms with van der Waals surface area (Å²) in [5.74, 6) is 2.41. The molecule has 3 N–H and O–H groups in total. The van der Waals surface area contributed by atoms with Crippen molar-refractivity contribution >= 4 is 5.96 Å². The summed E-state index contributed by atoms with van der Waals surface area (Å²) in [6.07, 6.45) is 1.07. The Bertz CT molecular complexity index is 523. The van der Waals surface area contributed by atoms with Crippen LogP contribution in [0.2, 0.25) is 0 Å². The Hall–Kier alpha value is -1.75. The number of ether oxygens (including phenoxy) is 2. The molecule has 1 unspecified atom stereocenters. The lowest BCUT2D eigenvalue weighted by Gasteiger charge is -2.14. The molecule has 0 aliphatic carbocycles. The van der Waals surface area contributed by atoms with Crippen LogP contribution in [0.15, 0.2) is 23.2 Å². The fourth-order valence-corrected chi connectivity index (χ4v) is 2.38. The number of guanidine groups is 1. The van der Waals surface area contributed by atoms with E-state index in [4.69, 9.17) is 15.2 Å². The fourth-order valence-electron chi connectivity index (χ4n) is 2.38. The summed E-state index contributed by atoms with van der Waals surface area (Å²) < 4.78 is 11.4. The lowest BCUT2D eigenvalue weighted by Crippen LogP contribution is -2.34. The van der Waals surface area contributed by atoms with Gasteiger partial charge in [0.25, 0.3) is 0 Å². The van der Waals surface area contributed by atoms with E-state index in [0.29, 0.717) is 30.9 Å². The molecule has 1 fully saturated rings. The lowest BCUT2D eigenvalue weighted by molar-refractivity contribution is 0.166. The molecule has 1 saturated heterocycles. The predicted octanol–water partition coefficient (Wildman–Crippen LogP) is 2.47. The number of benzene rings is 1. The Balaban J connectivity index is 1.95. The molecular weight excluding hydrogens is 290 g/mol. The van der Waals surface area contributed by atoms with Gasteiger partial charge in [-0.3, -0.25) is 0 Å². The zero-order valence-electron chi connectivity index (χ0n) is 14.5. The van der Waals surface area contributed by atoms with Gasteiger partial charge in [0.1, 0.15) is 5.75 Å². The van der Waals surface area contributed by atoms with Crippen LogP contribution >= 0.6 is 0 Å². The number of aliphatic imine (C=N–C) groups is 1. The van der Waals surface area contributed by atoms with Crippen molar-refractivity contribution in [2.45, 2.75) is 33.7 Å². The van der Waals surface area contributed by atoms with E-state index in [1.54, 1.807) is 0 Å². The minimum Gasteiger partial charge on any atom is -0.493 e. The third-order valence-electron chi connectivity index (χ3n) is 3.83. The number of hydrogen-bond acceptors (Lipinski definition) is 3. The van der Waals surface area contributed by atoms with Gasteiger partial charge >= 0.3 is 0 Å². The summed E-state index contributed by atoms with van der Waals surface area (Å²) in [4.78, 5) is 4.42. The molecule has 0 radical (unpaired) electrons. The maximum Gasteiger partial charge on any atom is 0.188 e. The topological polar surface area (TPSA) is 68.9 Å². The van der Waals surface area contributed by atoms with Crippen LogP contribution < -0.4 is 15.8 Å². The second-order valence-corrected chi connectivity index (χ2v) is 6.63. The number of rotatable bonds is 7. The third-order valence-corrected chi connectivity index (χ3v) is 3.83. The number of hydrogen-bond donors (Lipinski definition) is 2. The van der Waals surface area contributed by atoms with Crippen LogP contribution in [0.25, 0.3) is 0 Å². The normalized spacial score (nSPS) is 18.4. The van der Waals surface area contributed by atoms with Crippen LogP contribution in [-0.4, -0.2) is 32.3 Å². The average Bonchev–Trinajstić information content (AvgIpc) is 3.03. The fraction of sp³-hybridized carbons (Fsp3) is 0.611. The van der Waals surface area contributed by atoms with E-state index in [9.17, 15) is 0 Å². The summed E-state index contributed by atoms with van der Waals surface area (Å²) >= 11 is 0. The minimum absolute atomic E-state index is 0.481. The molecule has 1 heterocycles. The van der Waals surface area contributed by atoms with E-state index in [-0.39, 0.29) is 0 Å². The van der Waals surface area contributed by atoms with Gasteiger partial charge in [-0.1, -0.05) is 26.0 Å². The summed E-state index contributed by atoms with van der Waals surface area (Å²) in [6.45, 7) is 10.0. The Kier molecular flexibility index (Phi) is 6.71. The maximum absolute atomic E-state index is 6.02. The van der Waals surface area contributed by atoms with Gasteiger partial charge in [-0.25, -0.2) is 4.99 Å². The largest absolute Gasteiger partial charge is 0.493 e. The minimum atomic E-state index is 0.481. The first-order valence-corrected chi connectivity index (χ1v) is 8.38. The first-order chi connectivity index (χ1) is 11.0. The highest BCUT2D eigenvalue weighted by Crippen LogP contribution is 2.23. The van der Waals surface area contributed by atoms with Gasteiger partial charge in [0.15, 0.2) is 5.96 Å². The standard InChI is InChI=1S/C18H29N3O2/c1-13(2)9-20-18(19)21-10-16-5-4-14(3)8-17(16)23-12-15-6-7-22-11-15/h4-5,8,13,15H,6-7,9-12H2,1-3H3,(H3,19,20,21). The van der Waals surface area contributed by atoms with E-state index < -0.39 is 0 Å². The Labute approximate surface area is 139 Å². The van der Waals surface area contributed by atoms with Gasteiger partial charge in [-0.05, 0) is 30.9 Å². The van der Waals surface area contributed by atoms with Gasteiger partial charge < -0.3 is 20.5 Å². The number of nitrogens with two attached hydrogens (primary N) is 1. The second kappa shape index (κ2) is 8.77. The summed E-state index contributed by atoms with van der Waals surface area (Å²) in [7, 11) is 0. The van der Waals surface area contributed by atoms with Gasteiger partial charge in [0.2, 0.25) is 0 Å². The Morgan fingerprint density at radius 2 is 2.30 bits per heavy atom. The summed E-state index contributed by atoms with van der Waals surface area (Å²) in [5, 5.41) is 3.13. The van der Waals surface area contributed by atoms with Gasteiger partial charge in [-0.15, -0.1) is 0 Å². The number of nitrogens with zero attached hydrogens (tertiary/aromatic N) is 1. The van der Waals surface area contributed by atoms with Crippen molar-refractivity contribution in [1.29, 1.82) is 0 Å². The summed E-state index contributed by atoms with van der Waals surface area (Å²) in [5.41, 5.74) is 8.15. The molecule has 1 aromatic carbocycles. The van der Waals surface area contributed by atoms with Crippen LogP contribution in [0, 0.1) is 18.8 Å². The van der Waals surface area contributed by atoms with Crippen LogP contribution in [0.4, 0.5) is 0 Å². The van der Waals surface area contributed by atoms with Gasteiger partial charge in [0.05, 0.1) is 19.8 Å². The van der Waals surface area contributed by atoms with Crippen LogP contribution in [0.3, 0.4) is 0 Å². The lowest BCUT2D eigenvalue weighted by atomic mass is 10.1. The molecule has 0 aromatic heterocycles. The molecule has 5 nitrogen and oxygen atoms in total. The third kappa shape index (κ3) is 6.10. The molecule has 0 spiro atoms. The molecule has 0 amide bonds. The Morgan fingerprint density at radius 3 is 3.00 bits per heavy atom. The molecule has 1 atom stereocenters.